The molecule has 26 heavy (non-hydrogen) atoms. The number of nitrogens with zero attached hydrogens (tertiary/aromatic N) is 2. The lowest BCUT2D eigenvalue weighted by atomic mass is 9.94. The summed E-state index contributed by atoms with van der Waals surface area (Å²) in [5.41, 5.74) is 4.10. The average molecular weight is 369 g/mol. The van der Waals surface area contributed by atoms with Gasteiger partial charge in [0.1, 0.15) is 5.82 Å². The second-order valence-electron chi connectivity index (χ2n) is 6.63. The molecule has 0 saturated carbocycles. The van der Waals surface area contributed by atoms with Crippen molar-refractivity contribution in [1.82, 2.24) is 4.98 Å². The lowest BCUT2D eigenvalue weighted by molar-refractivity contribution is 0.0993. The number of rotatable bonds is 2. The van der Waals surface area contributed by atoms with Gasteiger partial charge in [-0.1, -0.05) is 17.7 Å². The van der Waals surface area contributed by atoms with Crippen LogP contribution in [-0.2, 0) is 12.8 Å². The van der Waals surface area contributed by atoms with E-state index in [-0.39, 0.29) is 11.7 Å². The van der Waals surface area contributed by atoms with Gasteiger partial charge >= 0.3 is 0 Å². The van der Waals surface area contributed by atoms with Gasteiger partial charge in [0.05, 0.1) is 10.5 Å². The molecule has 0 spiro atoms. The van der Waals surface area contributed by atoms with E-state index < -0.39 is 0 Å². The Kier molecular flexibility index (Phi) is 4.37. The highest BCUT2D eigenvalue weighted by atomic mass is 35.5. The maximum absolute atomic E-state index is 13.1. The van der Waals surface area contributed by atoms with E-state index in [9.17, 15) is 9.18 Å². The number of aryl methyl sites for hydroxylation is 1. The topological polar surface area (TPSA) is 33.2 Å². The fourth-order valence-electron chi connectivity index (χ4n) is 3.48. The molecule has 1 amide bonds. The van der Waals surface area contributed by atoms with Crippen LogP contribution in [0, 0.1) is 5.82 Å². The van der Waals surface area contributed by atoms with Crippen LogP contribution in [0.3, 0.4) is 0 Å². The molecule has 3 nitrogen and oxygen atoms in total. The van der Waals surface area contributed by atoms with Gasteiger partial charge in [0, 0.05) is 29.4 Å². The van der Waals surface area contributed by atoms with E-state index in [2.05, 4.69) is 0 Å². The van der Waals surface area contributed by atoms with Crippen molar-refractivity contribution in [2.45, 2.75) is 25.7 Å². The molecule has 1 aromatic heterocycles. The third-order valence-electron chi connectivity index (χ3n) is 4.96. The van der Waals surface area contributed by atoms with Gasteiger partial charge in [-0.2, -0.15) is 0 Å². The first kappa shape index (κ1) is 17.0. The van der Waals surface area contributed by atoms with Crippen molar-refractivity contribution < 1.29 is 9.18 Å². The number of pyridine rings is 1. The van der Waals surface area contributed by atoms with E-state index in [0.717, 1.165) is 52.9 Å². The molecule has 1 heterocycles. The number of benzene rings is 2. The first-order chi connectivity index (χ1) is 12.5. The van der Waals surface area contributed by atoms with Gasteiger partial charge in [-0.25, -0.2) is 4.39 Å². The predicted octanol–water partition coefficient (Wildman–Crippen LogP) is 5.18. The van der Waals surface area contributed by atoms with Crippen molar-refractivity contribution in [2.24, 2.45) is 0 Å². The van der Waals surface area contributed by atoms with Gasteiger partial charge in [0.15, 0.2) is 0 Å². The maximum atomic E-state index is 13.1. The minimum Gasteiger partial charge on any atom is -0.311 e. The van der Waals surface area contributed by atoms with Crippen LogP contribution in [-0.4, -0.2) is 17.9 Å². The lowest BCUT2D eigenvalue weighted by Gasteiger charge is -2.19. The molecule has 2 aromatic carbocycles. The molecular weight excluding hydrogens is 351 g/mol. The number of amides is 1. The highest BCUT2D eigenvalue weighted by Crippen LogP contribution is 2.33. The van der Waals surface area contributed by atoms with Crippen LogP contribution in [0.2, 0.25) is 5.02 Å². The molecule has 0 fully saturated rings. The molecule has 0 saturated heterocycles. The normalized spacial score (nSPS) is 13.5. The van der Waals surface area contributed by atoms with Crippen LogP contribution in [0.4, 0.5) is 10.1 Å². The van der Waals surface area contributed by atoms with Crippen molar-refractivity contribution >= 4 is 34.1 Å². The van der Waals surface area contributed by atoms with Crippen LogP contribution in [0.15, 0.2) is 42.5 Å². The summed E-state index contributed by atoms with van der Waals surface area (Å²) < 4.78 is 13.1. The molecule has 0 aliphatic heterocycles. The van der Waals surface area contributed by atoms with Crippen molar-refractivity contribution in [3.63, 3.8) is 0 Å². The van der Waals surface area contributed by atoms with Gasteiger partial charge < -0.3 is 4.90 Å². The number of carbonyl (C=O) groups excluding carboxylic acids is 1. The van der Waals surface area contributed by atoms with E-state index in [1.54, 1.807) is 31.3 Å². The molecule has 5 heteroatoms. The molecule has 0 N–H and O–H groups in total. The molecular formula is C21H18ClFN2O. The Labute approximate surface area is 156 Å². The highest BCUT2D eigenvalue weighted by molar-refractivity contribution is 6.36. The summed E-state index contributed by atoms with van der Waals surface area (Å²) in [7, 11) is 1.67. The summed E-state index contributed by atoms with van der Waals surface area (Å²) in [6, 6.07) is 11.3. The first-order valence-corrected chi connectivity index (χ1v) is 9.07. The summed E-state index contributed by atoms with van der Waals surface area (Å²) >= 11 is 6.59. The van der Waals surface area contributed by atoms with E-state index in [1.165, 1.54) is 17.0 Å². The summed E-state index contributed by atoms with van der Waals surface area (Å²) in [5.74, 6) is -0.502. The van der Waals surface area contributed by atoms with Crippen LogP contribution in [0.5, 0.6) is 0 Å². The maximum Gasteiger partial charge on any atom is 0.258 e. The number of aromatic nitrogens is 1. The van der Waals surface area contributed by atoms with Crippen LogP contribution < -0.4 is 4.90 Å². The Bertz CT molecular complexity index is 1000. The Morgan fingerprint density at radius 1 is 1.12 bits per heavy atom. The number of hydrogen-bond donors (Lipinski definition) is 0. The molecule has 132 valence electrons. The molecule has 0 unspecified atom stereocenters. The fourth-order valence-corrected chi connectivity index (χ4v) is 3.84. The predicted molar refractivity (Wildman–Crippen MR) is 103 cm³/mol. The molecule has 1 aliphatic rings. The minimum absolute atomic E-state index is 0.172. The van der Waals surface area contributed by atoms with Gasteiger partial charge in [-0.05, 0) is 67.6 Å². The minimum atomic E-state index is -0.330. The molecule has 0 radical (unpaired) electrons. The SMILES string of the molecule is CN(C(=O)c1ccc2c(Cl)c3c(nc2c1)CCCC3)c1ccc(F)cc1. The number of halogens is 2. The number of carbonyl (C=O) groups is 1. The van der Waals surface area contributed by atoms with Crippen molar-refractivity contribution in [3.05, 3.63) is 70.1 Å². The van der Waals surface area contributed by atoms with Gasteiger partial charge in [-0.15, -0.1) is 0 Å². The fraction of sp³-hybridized carbons (Fsp3) is 0.238. The highest BCUT2D eigenvalue weighted by Gasteiger charge is 2.19. The summed E-state index contributed by atoms with van der Waals surface area (Å²) in [4.78, 5) is 19.1. The second kappa shape index (κ2) is 6.69. The molecule has 0 atom stereocenters. The Hall–Kier alpha value is -2.46. The third-order valence-corrected chi connectivity index (χ3v) is 5.39. The zero-order valence-corrected chi connectivity index (χ0v) is 15.2. The summed E-state index contributed by atoms with van der Waals surface area (Å²) in [5, 5.41) is 1.64. The Morgan fingerprint density at radius 3 is 2.62 bits per heavy atom. The smallest absolute Gasteiger partial charge is 0.258 e. The molecule has 0 bridgehead atoms. The molecule has 4 rings (SSSR count). The third kappa shape index (κ3) is 2.95. The quantitative estimate of drug-likeness (QED) is 0.624. The van der Waals surface area contributed by atoms with E-state index in [1.807, 2.05) is 6.07 Å². The van der Waals surface area contributed by atoms with Gasteiger partial charge in [0.25, 0.3) is 5.91 Å². The number of fused-ring (bicyclic) bond motifs is 2. The Balaban J connectivity index is 1.72. The lowest BCUT2D eigenvalue weighted by Crippen LogP contribution is -2.26. The van der Waals surface area contributed by atoms with Crippen LogP contribution >= 0.6 is 11.6 Å². The average Bonchev–Trinajstić information content (AvgIpc) is 2.67. The standard InChI is InChI=1S/C21H18ClFN2O/c1-25(15-9-7-14(23)8-10-15)21(26)13-6-11-17-19(12-13)24-18-5-3-2-4-16(18)20(17)22/h6-12H,2-5H2,1H3. The molecule has 3 aromatic rings. The number of hydrogen-bond acceptors (Lipinski definition) is 2. The molecule has 1 aliphatic carbocycles. The zero-order chi connectivity index (χ0) is 18.3. The van der Waals surface area contributed by atoms with Crippen LogP contribution in [0.1, 0.15) is 34.5 Å². The van der Waals surface area contributed by atoms with E-state index >= 15 is 0 Å². The van der Waals surface area contributed by atoms with Gasteiger partial charge in [0.2, 0.25) is 0 Å². The van der Waals surface area contributed by atoms with E-state index in [0.29, 0.717) is 11.3 Å². The van der Waals surface area contributed by atoms with Crippen molar-refractivity contribution in [1.29, 1.82) is 0 Å². The number of anilines is 1. The largest absolute Gasteiger partial charge is 0.311 e. The van der Waals surface area contributed by atoms with Gasteiger partial charge in [-0.3, -0.25) is 9.78 Å². The van der Waals surface area contributed by atoms with E-state index in [4.69, 9.17) is 16.6 Å². The zero-order valence-electron chi connectivity index (χ0n) is 14.4. The summed E-state index contributed by atoms with van der Waals surface area (Å²) in [6.07, 6.45) is 4.15. The van der Waals surface area contributed by atoms with Crippen molar-refractivity contribution in [2.75, 3.05) is 11.9 Å². The Morgan fingerprint density at radius 2 is 1.85 bits per heavy atom. The monoisotopic (exact) mass is 368 g/mol. The van der Waals surface area contributed by atoms with Crippen molar-refractivity contribution in [3.8, 4) is 0 Å². The van der Waals surface area contributed by atoms with Crippen LogP contribution in [0.25, 0.3) is 10.9 Å². The first-order valence-electron chi connectivity index (χ1n) is 8.69. The second-order valence-corrected chi connectivity index (χ2v) is 7.01. The summed E-state index contributed by atoms with van der Waals surface area (Å²) in [6.45, 7) is 0.